The smallest absolute Gasteiger partial charge is 0.482 e. The Hall–Kier alpha value is -1.31. The van der Waals surface area contributed by atoms with Gasteiger partial charge in [-0.15, -0.1) is 0 Å². The summed E-state index contributed by atoms with van der Waals surface area (Å²) in [7, 11) is 0. The van der Waals surface area contributed by atoms with Crippen molar-refractivity contribution >= 4 is 6.40 Å². The van der Waals surface area contributed by atoms with Crippen LogP contribution in [0.4, 0.5) is 0 Å². The predicted octanol–water partition coefficient (Wildman–Crippen LogP) is 2.85. The molecule has 1 aliphatic rings. The molecule has 16 heavy (non-hydrogen) atoms. The molecule has 0 aromatic heterocycles. The topological polar surface area (TPSA) is 21.6 Å². The zero-order chi connectivity index (χ0) is 10.6. The van der Waals surface area contributed by atoms with Gasteiger partial charge in [-0.1, -0.05) is 0 Å². The van der Waals surface area contributed by atoms with Crippen molar-refractivity contribution < 1.29 is 21.8 Å². The maximum absolute atomic E-state index is 4.65. The van der Waals surface area contributed by atoms with E-state index in [1.165, 1.54) is 6.40 Å². The van der Waals surface area contributed by atoms with Gasteiger partial charge in [0.15, 0.2) is 6.40 Å². The molecule has 2 nitrogen and oxygen atoms in total. The van der Waals surface area contributed by atoms with Gasteiger partial charge >= 0.3 is 17.1 Å². The summed E-state index contributed by atoms with van der Waals surface area (Å²) in [6, 6.07) is 20.0. The second-order valence-corrected chi connectivity index (χ2v) is 2.81. The molecule has 0 aliphatic carbocycles. The molecule has 0 saturated heterocycles. The van der Waals surface area contributed by atoms with Crippen LogP contribution in [0.5, 0.6) is 0 Å². The van der Waals surface area contributed by atoms with Crippen LogP contribution in [-0.4, -0.2) is 19.6 Å². The van der Waals surface area contributed by atoms with Crippen LogP contribution >= 0.6 is 0 Å². The van der Waals surface area contributed by atoms with Gasteiger partial charge in [0.25, 0.3) is 0 Å². The molecule has 0 atom stereocenters. The minimum Gasteiger partial charge on any atom is -0.482 e. The van der Waals surface area contributed by atoms with Gasteiger partial charge < -0.3 is 4.74 Å². The molecule has 0 unspecified atom stereocenters. The van der Waals surface area contributed by atoms with Crippen LogP contribution in [0.1, 0.15) is 0 Å². The van der Waals surface area contributed by atoms with Crippen LogP contribution in [0, 0.1) is 0 Å². The number of ether oxygens (including phenoxy) is 1. The summed E-state index contributed by atoms with van der Waals surface area (Å²) < 4.78 is 4.65. The summed E-state index contributed by atoms with van der Waals surface area (Å²) in [6.45, 7) is 1.62. The van der Waals surface area contributed by atoms with E-state index < -0.39 is 0 Å². The fraction of sp³-hybridized carbons (Fsp3) is 0.154. The molecule has 86 valence electrons. The average Bonchev–Trinajstić information content (AvgIpc) is 3.09. The van der Waals surface area contributed by atoms with Crippen molar-refractivity contribution in [3.63, 3.8) is 0 Å². The molecule has 0 bridgehead atoms. The molecular formula is C13H15FeNO. The van der Waals surface area contributed by atoms with Crippen LogP contribution in [0.15, 0.2) is 65.7 Å². The number of hydrogen-bond donors (Lipinski definition) is 0. The van der Waals surface area contributed by atoms with Gasteiger partial charge in [0.05, 0.1) is 6.54 Å². The van der Waals surface area contributed by atoms with Gasteiger partial charge in [-0.05, 0) is 0 Å². The first-order chi connectivity index (χ1) is 7.50. The van der Waals surface area contributed by atoms with Gasteiger partial charge in [0.1, 0.15) is 6.61 Å². The zero-order valence-corrected chi connectivity index (χ0v) is 10.1. The Morgan fingerprint density at radius 1 is 0.875 bits per heavy atom. The molecule has 1 aliphatic heterocycles. The van der Waals surface area contributed by atoms with Gasteiger partial charge in [0.2, 0.25) is 0 Å². The Morgan fingerprint density at radius 2 is 1.38 bits per heavy atom. The fourth-order valence-electron chi connectivity index (χ4n) is 0.905. The van der Waals surface area contributed by atoms with E-state index >= 15 is 0 Å². The van der Waals surface area contributed by atoms with Gasteiger partial charge in [0, 0.05) is 0 Å². The number of aliphatic imine (C=N–C) groups is 1. The maximum atomic E-state index is 4.65. The zero-order valence-electron chi connectivity index (χ0n) is 8.97. The third-order valence-corrected chi connectivity index (χ3v) is 1.60. The summed E-state index contributed by atoms with van der Waals surface area (Å²) in [5.41, 5.74) is 0. The SMILES string of the molecule is C1=NCCO1.[Fe+2].c1cc[cH-]c1.c1cc[cH-]c1. The molecule has 3 heteroatoms. The largest absolute Gasteiger partial charge is 2.00 e. The molecule has 2 aromatic rings. The third-order valence-electron chi connectivity index (χ3n) is 1.60. The van der Waals surface area contributed by atoms with Crippen molar-refractivity contribution in [3.05, 3.63) is 60.7 Å². The van der Waals surface area contributed by atoms with Gasteiger partial charge in [-0.2, -0.15) is 36.4 Å². The molecular weight excluding hydrogens is 242 g/mol. The number of rotatable bonds is 0. The first-order valence-corrected chi connectivity index (χ1v) is 4.93. The summed E-state index contributed by atoms with van der Waals surface area (Å²) in [4.78, 5) is 3.74. The van der Waals surface area contributed by atoms with Crippen molar-refractivity contribution in [3.8, 4) is 0 Å². The van der Waals surface area contributed by atoms with Crippen LogP contribution in [-0.2, 0) is 21.8 Å². The standard InChI is InChI=1S/2C5H5.C3H5NO.Fe/c2*1-2-4-5-3-1;1-2-5-3-4-1;/h2*1-5H;3H,1-2H2;/q2*-1;;+2. The normalized spacial score (nSPS) is 11.0. The number of nitrogens with zero attached hydrogens (tertiary/aromatic N) is 1. The van der Waals surface area contributed by atoms with Crippen LogP contribution in [0.3, 0.4) is 0 Å². The first-order valence-electron chi connectivity index (χ1n) is 4.93. The molecule has 0 amide bonds. The van der Waals surface area contributed by atoms with Crippen molar-refractivity contribution in [1.82, 2.24) is 0 Å². The van der Waals surface area contributed by atoms with E-state index in [1.807, 2.05) is 60.7 Å². The molecule has 0 N–H and O–H groups in total. The summed E-state index contributed by atoms with van der Waals surface area (Å²) in [5, 5.41) is 0. The van der Waals surface area contributed by atoms with Crippen molar-refractivity contribution in [2.75, 3.05) is 13.2 Å². The molecule has 0 fully saturated rings. The third kappa shape index (κ3) is 9.25. The molecule has 3 rings (SSSR count). The Bertz CT molecular complexity index is 247. The van der Waals surface area contributed by atoms with E-state index in [9.17, 15) is 0 Å². The van der Waals surface area contributed by atoms with E-state index in [-0.39, 0.29) is 17.1 Å². The molecule has 0 radical (unpaired) electrons. The molecule has 1 heterocycles. The Balaban J connectivity index is 0.000000205. The quantitative estimate of drug-likeness (QED) is 0.525. The van der Waals surface area contributed by atoms with Crippen molar-refractivity contribution in [2.45, 2.75) is 0 Å². The predicted molar refractivity (Wildman–Crippen MR) is 63.4 cm³/mol. The van der Waals surface area contributed by atoms with Crippen molar-refractivity contribution in [1.29, 1.82) is 0 Å². The summed E-state index contributed by atoms with van der Waals surface area (Å²) >= 11 is 0. The van der Waals surface area contributed by atoms with E-state index in [0.29, 0.717) is 0 Å². The maximum Gasteiger partial charge on any atom is 2.00 e. The molecule has 0 spiro atoms. The van der Waals surface area contributed by atoms with E-state index in [1.54, 1.807) is 0 Å². The van der Waals surface area contributed by atoms with Crippen LogP contribution < -0.4 is 0 Å². The second kappa shape index (κ2) is 11.8. The van der Waals surface area contributed by atoms with Gasteiger partial charge in [-0.25, -0.2) is 24.3 Å². The molecule has 2 aromatic carbocycles. The summed E-state index contributed by atoms with van der Waals surface area (Å²) in [5.74, 6) is 0. The average molecular weight is 257 g/mol. The summed E-state index contributed by atoms with van der Waals surface area (Å²) in [6.07, 6.45) is 1.49. The van der Waals surface area contributed by atoms with E-state index in [2.05, 4.69) is 9.73 Å². The monoisotopic (exact) mass is 257 g/mol. The number of hydrogen-bond acceptors (Lipinski definition) is 2. The van der Waals surface area contributed by atoms with E-state index in [4.69, 9.17) is 0 Å². The van der Waals surface area contributed by atoms with Crippen molar-refractivity contribution in [2.24, 2.45) is 4.99 Å². The first kappa shape index (κ1) is 14.7. The van der Waals surface area contributed by atoms with Crippen LogP contribution in [0.2, 0.25) is 0 Å². The fourth-order valence-corrected chi connectivity index (χ4v) is 0.905. The Labute approximate surface area is 107 Å². The van der Waals surface area contributed by atoms with E-state index in [0.717, 1.165) is 13.2 Å². The minimum absolute atomic E-state index is 0. The Kier molecular flexibility index (Phi) is 10.8. The van der Waals surface area contributed by atoms with Gasteiger partial charge in [-0.3, -0.25) is 4.99 Å². The second-order valence-electron chi connectivity index (χ2n) is 2.81. The minimum atomic E-state index is 0. The van der Waals surface area contributed by atoms with Crippen LogP contribution in [0.25, 0.3) is 0 Å². The Morgan fingerprint density at radius 3 is 1.50 bits per heavy atom. The molecule has 0 saturated carbocycles.